The Morgan fingerprint density at radius 2 is 1.89 bits per heavy atom. The number of halogens is 1. The smallest absolute Gasteiger partial charge is 0.324 e. The fraction of sp³-hybridized carbons (Fsp3) is 0.500. The molecule has 0 radical (unpaired) electrons. The van der Waals surface area contributed by atoms with E-state index in [1.54, 1.807) is 0 Å². The molecule has 2 atom stereocenters. The van der Waals surface area contributed by atoms with Crippen molar-refractivity contribution < 1.29 is 9.53 Å². The van der Waals surface area contributed by atoms with Crippen LogP contribution in [0.2, 0.25) is 0 Å². The minimum absolute atomic E-state index is 0. The Bertz CT molecular complexity index is 400. The standard InChI is InChI=1S/C14H19NO2.ClH/c1-14(2,3)17-13(16)12-11(9-15-12)10-7-5-4-6-8-10;/h4-8,11-12,15H,9H2,1-3H3;1H. The van der Waals surface area contributed by atoms with Gasteiger partial charge in [-0.2, -0.15) is 0 Å². The van der Waals surface area contributed by atoms with Crippen molar-refractivity contribution >= 4 is 18.4 Å². The zero-order valence-corrected chi connectivity index (χ0v) is 11.8. The number of carbonyl (C=O) groups excluding carboxylic acids is 1. The van der Waals surface area contributed by atoms with Crippen LogP contribution in [0.15, 0.2) is 30.3 Å². The third kappa shape index (κ3) is 3.47. The Kier molecular flexibility index (Phi) is 4.77. The summed E-state index contributed by atoms with van der Waals surface area (Å²) < 4.78 is 5.39. The summed E-state index contributed by atoms with van der Waals surface area (Å²) in [6, 6.07) is 9.90. The van der Waals surface area contributed by atoms with Gasteiger partial charge < -0.3 is 10.1 Å². The van der Waals surface area contributed by atoms with Crippen molar-refractivity contribution in [3.05, 3.63) is 35.9 Å². The molecule has 1 heterocycles. The van der Waals surface area contributed by atoms with E-state index < -0.39 is 5.60 Å². The number of rotatable bonds is 2. The van der Waals surface area contributed by atoms with Gasteiger partial charge in [-0.15, -0.1) is 12.4 Å². The summed E-state index contributed by atoms with van der Waals surface area (Å²) in [6.45, 7) is 6.51. The van der Waals surface area contributed by atoms with Crippen LogP contribution in [0.5, 0.6) is 0 Å². The summed E-state index contributed by atoms with van der Waals surface area (Å²) in [7, 11) is 0. The van der Waals surface area contributed by atoms with Gasteiger partial charge in [-0.25, -0.2) is 0 Å². The predicted octanol–water partition coefficient (Wildman–Crippen LogP) is 2.51. The summed E-state index contributed by atoms with van der Waals surface area (Å²) in [5.41, 5.74) is 0.775. The first kappa shape index (κ1) is 15.0. The van der Waals surface area contributed by atoms with E-state index in [0.717, 1.165) is 6.54 Å². The van der Waals surface area contributed by atoms with Gasteiger partial charge in [-0.3, -0.25) is 4.79 Å². The number of benzene rings is 1. The quantitative estimate of drug-likeness (QED) is 0.839. The molecule has 1 fully saturated rings. The molecule has 0 spiro atoms. The normalized spacial score (nSPS) is 22.6. The molecule has 1 aromatic rings. The first-order valence-corrected chi connectivity index (χ1v) is 5.98. The second-order valence-corrected chi connectivity index (χ2v) is 5.44. The Morgan fingerprint density at radius 3 is 2.33 bits per heavy atom. The van der Waals surface area contributed by atoms with Crippen molar-refractivity contribution in [3.8, 4) is 0 Å². The molecule has 1 aliphatic heterocycles. The Morgan fingerprint density at radius 1 is 1.28 bits per heavy atom. The third-order valence-corrected chi connectivity index (χ3v) is 2.85. The SMILES string of the molecule is CC(C)(C)OC(=O)C1NCC1c1ccccc1.Cl. The van der Waals surface area contributed by atoms with Crippen molar-refractivity contribution in [2.75, 3.05) is 6.54 Å². The number of hydrogen-bond acceptors (Lipinski definition) is 3. The first-order valence-electron chi connectivity index (χ1n) is 5.98. The van der Waals surface area contributed by atoms with Crippen molar-refractivity contribution in [3.63, 3.8) is 0 Å². The molecule has 0 bridgehead atoms. The number of carbonyl (C=O) groups is 1. The lowest BCUT2D eigenvalue weighted by atomic mass is 9.85. The molecular formula is C14H20ClNO2. The average Bonchev–Trinajstić information content (AvgIpc) is 2.14. The van der Waals surface area contributed by atoms with Gasteiger partial charge in [0.05, 0.1) is 0 Å². The maximum atomic E-state index is 11.9. The highest BCUT2D eigenvalue weighted by atomic mass is 35.5. The van der Waals surface area contributed by atoms with Gasteiger partial charge in [-0.1, -0.05) is 30.3 Å². The van der Waals surface area contributed by atoms with Gasteiger partial charge in [0.15, 0.2) is 0 Å². The van der Waals surface area contributed by atoms with Crippen LogP contribution in [0.4, 0.5) is 0 Å². The highest BCUT2D eigenvalue weighted by Gasteiger charge is 2.39. The monoisotopic (exact) mass is 269 g/mol. The number of ether oxygens (including phenoxy) is 1. The lowest BCUT2D eigenvalue weighted by molar-refractivity contribution is -0.160. The van der Waals surface area contributed by atoms with E-state index in [4.69, 9.17) is 4.74 Å². The van der Waals surface area contributed by atoms with E-state index in [2.05, 4.69) is 17.4 Å². The van der Waals surface area contributed by atoms with Crippen LogP contribution in [0, 0.1) is 0 Å². The van der Waals surface area contributed by atoms with E-state index in [1.165, 1.54) is 5.56 Å². The lowest BCUT2D eigenvalue weighted by Gasteiger charge is -2.38. The zero-order valence-electron chi connectivity index (χ0n) is 11.0. The molecule has 18 heavy (non-hydrogen) atoms. The van der Waals surface area contributed by atoms with Crippen molar-refractivity contribution in [2.24, 2.45) is 0 Å². The van der Waals surface area contributed by atoms with Gasteiger partial charge in [0.1, 0.15) is 11.6 Å². The molecule has 0 aliphatic carbocycles. The van der Waals surface area contributed by atoms with E-state index in [9.17, 15) is 4.79 Å². The van der Waals surface area contributed by atoms with E-state index >= 15 is 0 Å². The number of hydrogen-bond donors (Lipinski definition) is 1. The average molecular weight is 270 g/mol. The van der Waals surface area contributed by atoms with Crippen LogP contribution in [0.25, 0.3) is 0 Å². The minimum Gasteiger partial charge on any atom is -0.459 e. The van der Waals surface area contributed by atoms with E-state index in [1.807, 2.05) is 39.0 Å². The molecule has 4 heteroatoms. The van der Waals surface area contributed by atoms with Crippen molar-refractivity contribution in [2.45, 2.75) is 38.3 Å². The summed E-state index contributed by atoms with van der Waals surface area (Å²) in [5.74, 6) is 0.0867. The summed E-state index contributed by atoms with van der Waals surface area (Å²) in [6.07, 6.45) is 0. The van der Waals surface area contributed by atoms with Crippen LogP contribution >= 0.6 is 12.4 Å². The molecular weight excluding hydrogens is 250 g/mol. The van der Waals surface area contributed by atoms with Crippen LogP contribution in [-0.2, 0) is 9.53 Å². The van der Waals surface area contributed by atoms with Gasteiger partial charge in [0, 0.05) is 12.5 Å². The summed E-state index contributed by atoms with van der Waals surface area (Å²) in [4.78, 5) is 11.9. The maximum absolute atomic E-state index is 11.9. The van der Waals surface area contributed by atoms with Crippen molar-refractivity contribution in [1.82, 2.24) is 5.32 Å². The van der Waals surface area contributed by atoms with Gasteiger partial charge in [-0.05, 0) is 26.3 Å². The molecule has 0 saturated carbocycles. The highest BCUT2D eigenvalue weighted by Crippen LogP contribution is 2.27. The molecule has 1 saturated heterocycles. The molecule has 1 aliphatic rings. The lowest BCUT2D eigenvalue weighted by Crippen LogP contribution is -2.57. The zero-order chi connectivity index (χ0) is 12.5. The third-order valence-electron chi connectivity index (χ3n) is 2.85. The minimum atomic E-state index is -0.421. The molecule has 1 aromatic carbocycles. The predicted molar refractivity (Wildman–Crippen MR) is 74.1 cm³/mol. The van der Waals surface area contributed by atoms with E-state index in [0.29, 0.717) is 0 Å². The fourth-order valence-electron chi connectivity index (χ4n) is 1.98. The molecule has 0 amide bonds. The van der Waals surface area contributed by atoms with Gasteiger partial charge >= 0.3 is 5.97 Å². The maximum Gasteiger partial charge on any atom is 0.324 e. The molecule has 2 rings (SSSR count). The topological polar surface area (TPSA) is 38.3 Å². The Hall–Kier alpha value is -1.06. The molecule has 1 N–H and O–H groups in total. The number of esters is 1. The van der Waals surface area contributed by atoms with Crippen LogP contribution in [0.3, 0.4) is 0 Å². The largest absolute Gasteiger partial charge is 0.459 e. The second-order valence-electron chi connectivity index (χ2n) is 5.44. The van der Waals surface area contributed by atoms with Crippen LogP contribution < -0.4 is 5.32 Å². The Labute approximate surface area is 114 Å². The molecule has 100 valence electrons. The molecule has 3 nitrogen and oxygen atoms in total. The van der Waals surface area contributed by atoms with E-state index in [-0.39, 0.29) is 30.3 Å². The summed E-state index contributed by atoms with van der Waals surface area (Å²) >= 11 is 0. The Balaban J connectivity index is 0.00000162. The van der Waals surface area contributed by atoms with Gasteiger partial charge in [0.2, 0.25) is 0 Å². The highest BCUT2D eigenvalue weighted by molar-refractivity contribution is 5.85. The summed E-state index contributed by atoms with van der Waals surface area (Å²) in [5, 5.41) is 3.14. The van der Waals surface area contributed by atoms with Gasteiger partial charge in [0.25, 0.3) is 0 Å². The molecule has 0 aromatic heterocycles. The molecule has 2 unspecified atom stereocenters. The van der Waals surface area contributed by atoms with Crippen LogP contribution in [0.1, 0.15) is 32.3 Å². The first-order chi connectivity index (χ1) is 7.97. The van der Waals surface area contributed by atoms with Crippen molar-refractivity contribution in [1.29, 1.82) is 0 Å². The second kappa shape index (κ2) is 5.72. The van der Waals surface area contributed by atoms with Crippen LogP contribution in [-0.4, -0.2) is 24.2 Å². The fourth-order valence-corrected chi connectivity index (χ4v) is 1.98. The number of nitrogens with one attached hydrogen (secondary N) is 1.